The highest BCUT2D eigenvalue weighted by Crippen LogP contribution is 2.22. The third-order valence-corrected chi connectivity index (χ3v) is 5.12. The molecule has 0 spiro atoms. The SMILES string of the molecule is CC(C)CN(Cc1cccn1C)C(=O)CN(CC(C)C)C(=O)C(C)(C)CCl. The van der Waals surface area contributed by atoms with Crippen LogP contribution in [0.3, 0.4) is 0 Å². The zero-order valence-corrected chi connectivity index (χ0v) is 18.7. The monoisotopic (exact) mass is 397 g/mol. The molecule has 6 heteroatoms. The van der Waals surface area contributed by atoms with E-state index < -0.39 is 5.41 Å². The molecular weight excluding hydrogens is 362 g/mol. The fraction of sp³-hybridized carbons (Fsp3) is 0.714. The first-order chi connectivity index (χ1) is 12.5. The molecule has 1 aromatic rings. The van der Waals surface area contributed by atoms with Crippen LogP contribution in [-0.2, 0) is 23.2 Å². The maximum Gasteiger partial charge on any atom is 0.242 e. The summed E-state index contributed by atoms with van der Waals surface area (Å²) >= 11 is 6.00. The smallest absolute Gasteiger partial charge is 0.242 e. The molecule has 0 aromatic carbocycles. The summed E-state index contributed by atoms with van der Waals surface area (Å²) < 4.78 is 2.02. The van der Waals surface area contributed by atoms with E-state index in [2.05, 4.69) is 13.8 Å². The molecule has 0 aliphatic heterocycles. The van der Waals surface area contributed by atoms with Gasteiger partial charge in [-0.15, -0.1) is 11.6 Å². The van der Waals surface area contributed by atoms with Crippen LogP contribution in [0.4, 0.5) is 0 Å². The number of hydrogen-bond acceptors (Lipinski definition) is 2. The van der Waals surface area contributed by atoms with Gasteiger partial charge in [-0.2, -0.15) is 0 Å². The van der Waals surface area contributed by atoms with E-state index in [1.54, 1.807) is 4.90 Å². The zero-order chi connectivity index (χ0) is 20.8. The second-order valence-electron chi connectivity index (χ2n) is 8.88. The minimum Gasteiger partial charge on any atom is -0.353 e. The average molecular weight is 398 g/mol. The molecule has 0 saturated carbocycles. The summed E-state index contributed by atoms with van der Waals surface area (Å²) in [6, 6.07) is 4.00. The van der Waals surface area contributed by atoms with Gasteiger partial charge in [-0.3, -0.25) is 9.59 Å². The Morgan fingerprint density at radius 3 is 2.11 bits per heavy atom. The second-order valence-corrected chi connectivity index (χ2v) is 9.14. The Morgan fingerprint density at radius 1 is 1.11 bits per heavy atom. The molecule has 0 unspecified atom stereocenters. The van der Waals surface area contributed by atoms with Crippen LogP contribution in [0.15, 0.2) is 18.3 Å². The number of alkyl halides is 1. The van der Waals surface area contributed by atoms with Gasteiger partial charge in [-0.1, -0.05) is 27.7 Å². The number of carbonyl (C=O) groups is 2. The maximum absolute atomic E-state index is 13.1. The molecule has 0 aliphatic rings. The van der Waals surface area contributed by atoms with Gasteiger partial charge in [-0.25, -0.2) is 0 Å². The summed E-state index contributed by atoms with van der Waals surface area (Å²) in [7, 11) is 1.98. The van der Waals surface area contributed by atoms with Crippen LogP contribution in [-0.4, -0.2) is 51.7 Å². The van der Waals surface area contributed by atoms with Gasteiger partial charge in [0.25, 0.3) is 0 Å². The summed E-state index contributed by atoms with van der Waals surface area (Å²) in [5, 5.41) is 0. The molecule has 154 valence electrons. The Bertz CT molecular complexity index is 623. The lowest BCUT2D eigenvalue weighted by molar-refractivity contribution is -0.146. The maximum atomic E-state index is 13.1. The molecule has 0 saturated heterocycles. The Labute approximate surface area is 169 Å². The highest BCUT2D eigenvalue weighted by Gasteiger charge is 2.33. The number of nitrogens with zero attached hydrogens (tertiary/aromatic N) is 3. The minimum atomic E-state index is -0.683. The lowest BCUT2D eigenvalue weighted by atomic mass is 9.93. The number of hydrogen-bond donors (Lipinski definition) is 0. The molecule has 1 rings (SSSR count). The van der Waals surface area contributed by atoms with E-state index >= 15 is 0 Å². The van der Waals surface area contributed by atoms with Crippen molar-refractivity contribution in [3.63, 3.8) is 0 Å². The van der Waals surface area contributed by atoms with E-state index in [-0.39, 0.29) is 30.2 Å². The van der Waals surface area contributed by atoms with Crippen molar-refractivity contribution in [2.24, 2.45) is 24.3 Å². The summed E-state index contributed by atoms with van der Waals surface area (Å²) in [6.07, 6.45) is 1.98. The first kappa shape index (κ1) is 23.5. The standard InChI is InChI=1S/C21H36ClN3O2/c1-16(2)11-24(13-18-9-8-10-23(18)7)19(26)14-25(12-17(3)4)20(27)21(5,6)15-22/h8-10,16-17H,11-15H2,1-7H3. The van der Waals surface area contributed by atoms with Crippen molar-refractivity contribution in [2.75, 3.05) is 25.5 Å². The van der Waals surface area contributed by atoms with Crippen LogP contribution in [0.5, 0.6) is 0 Å². The van der Waals surface area contributed by atoms with Gasteiger partial charge >= 0.3 is 0 Å². The molecule has 5 nitrogen and oxygen atoms in total. The number of aryl methyl sites for hydroxylation is 1. The highest BCUT2D eigenvalue weighted by molar-refractivity contribution is 6.19. The first-order valence-corrected chi connectivity index (χ1v) is 10.2. The molecule has 0 fully saturated rings. The molecule has 2 amide bonds. The summed E-state index contributed by atoms with van der Waals surface area (Å²) in [5.41, 5.74) is 0.393. The van der Waals surface area contributed by atoms with Crippen molar-refractivity contribution in [1.82, 2.24) is 14.4 Å². The molecule has 1 aromatic heterocycles. The first-order valence-electron chi connectivity index (χ1n) is 9.71. The molecule has 0 atom stereocenters. The fourth-order valence-electron chi connectivity index (χ4n) is 2.96. The fourth-order valence-corrected chi connectivity index (χ4v) is 3.07. The molecule has 0 bridgehead atoms. The third-order valence-electron chi connectivity index (χ3n) is 4.45. The van der Waals surface area contributed by atoms with Crippen molar-refractivity contribution in [3.05, 3.63) is 24.0 Å². The van der Waals surface area contributed by atoms with Crippen molar-refractivity contribution >= 4 is 23.4 Å². The van der Waals surface area contributed by atoms with Crippen molar-refractivity contribution < 1.29 is 9.59 Å². The van der Waals surface area contributed by atoms with E-state index in [0.29, 0.717) is 25.6 Å². The Balaban J connectivity index is 2.99. The summed E-state index contributed by atoms with van der Waals surface area (Å²) in [4.78, 5) is 29.6. The van der Waals surface area contributed by atoms with E-state index in [9.17, 15) is 9.59 Å². The quantitative estimate of drug-likeness (QED) is 0.564. The predicted molar refractivity (Wildman–Crippen MR) is 112 cm³/mol. The lowest BCUT2D eigenvalue weighted by Crippen LogP contribution is -2.49. The zero-order valence-electron chi connectivity index (χ0n) is 18.0. The third kappa shape index (κ3) is 7.21. The van der Waals surface area contributed by atoms with Crippen LogP contribution in [0, 0.1) is 17.3 Å². The van der Waals surface area contributed by atoms with Crippen LogP contribution in [0.25, 0.3) is 0 Å². The number of rotatable bonds is 10. The number of halogens is 1. The normalized spacial score (nSPS) is 11.9. The number of aromatic nitrogens is 1. The van der Waals surface area contributed by atoms with Crippen LogP contribution < -0.4 is 0 Å². The molecule has 0 radical (unpaired) electrons. The lowest BCUT2D eigenvalue weighted by Gasteiger charge is -2.34. The number of carbonyl (C=O) groups excluding carboxylic acids is 2. The van der Waals surface area contributed by atoms with Gasteiger partial charge in [0.2, 0.25) is 11.8 Å². The van der Waals surface area contributed by atoms with E-state index in [1.807, 2.05) is 62.5 Å². The summed E-state index contributed by atoms with van der Waals surface area (Å²) in [5.74, 6) is 0.766. The Morgan fingerprint density at radius 2 is 1.67 bits per heavy atom. The van der Waals surface area contributed by atoms with Gasteiger partial charge < -0.3 is 14.4 Å². The van der Waals surface area contributed by atoms with Crippen LogP contribution >= 0.6 is 11.6 Å². The van der Waals surface area contributed by atoms with Crippen molar-refractivity contribution in [2.45, 2.75) is 48.1 Å². The minimum absolute atomic E-state index is 0.0238. The molecule has 27 heavy (non-hydrogen) atoms. The second kappa shape index (κ2) is 10.2. The Hall–Kier alpha value is -1.49. The predicted octanol–water partition coefficient (Wildman–Crippen LogP) is 3.76. The van der Waals surface area contributed by atoms with Gasteiger partial charge in [0.05, 0.1) is 18.5 Å². The number of amides is 2. The van der Waals surface area contributed by atoms with Crippen molar-refractivity contribution in [1.29, 1.82) is 0 Å². The van der Waals surface area contributed by atoms with E-state index in [4.69, 9.17) is 11.6 Å². The largest absolute Gasteiger partial charge is 0.353 e. The van der Waals surface area contributed by atoms with E-state index in [1.165, 1.54) is 0 Å². The van der Waals surface area contributed by atoms with Crippen LogP contribution in [0.1, 0.15) is 47.2 Å². The molecular formula is C21H36ClN3O2. The van der Waals surface area contributed by atoms with Crippen molar-refractivity contribution in [3.8, 4) is 0 Å². The Kier molecular flexibility index (Phi) is 8.86. The topological polar surface area (TPSA) is 45.6 Å². The van der Waals surface area contributed by atoms with Gasteiger partial charge in [-0.05, 0) is 37.8 Å². The van der Waals surface area contributed by atoms with Gasteiger partial charge in [0.1, 0.15) is 0 Å². The van der Waals surface area contributed by atoms with E-state index in [0.717, 1.165) is 5.69 Å². The van der Waals surface area contributed by atoms with Gasteiger partial charge in [0.15, 0.2) is 0 Å². The highest BCUT2D eigenvalue weighted by atomic mass is 35.5. The molecule has 0 N–H and O–H groups in total. The van der Waals surface area contributed by atoms with Gasteiger partial charge in [0, 0.05) is 37.9 Å². The summed E-state index contributed by atoms with van der Waals surface area (Å²) in [6.45, 7) is 13.8. The molecule has 0 aliphatic carbocycles. The van der Waals surface area contributed by atoms with Crippen LogP contribution in [0.2, 0.25) is 0 Å². The average Bonchev–Trinajstić information content (AvgIpc) is 2.96. The molecule has 1 heterocycles.